The first-order chi connectivity index (χ1) is 10.9. The van der Waals surface area contributed by atoms with E-state index in [2.05, 4.69) is 53.9 Å². The number of benzene rings is 2. The van der Waals surface area contributed by atoms with Crippen LogP contribution >= 0.6 is 12.6 Å². The fourth-order valence-electron chi connectivity index (χ4n) is 2.82. The molecule has 0 bridgehead atoms. The number of ether oxygens (including phenoxy) is 2. The molecule has 0 radical (unpaired) electrons. The summed E-state index contributed by atoms with van der Waals surface area (Å²) in [7, 11) is 0. The van der Waals surface area contributed by atoms with Crippen molar-refractivity contribution in [2.24, 2.45) is 0 Å². The molecule has 4 heteroatoms. The second-order valence-electron chi connectivity index (χ2n) is 5.62. The van der Waals surface area contributed by atoms with Crippen molar-refractivity contribution in [1.82, 2.24) is 4.90 Å². The third kappa shape index (κ3) is 3.94. The molecule has 0 N–H and O–H groups in total. The molecule has 0 aromatic heterocycles. The van der Waals surface area contributed by atoms with Gasteiger partial charge in [-0.05, 0) is 29.3 Å². The third-order valence-electron chi connectivity index (χ3n) is 4.08. The lowest BCUT2D eigenvalue weighted by Crippen LogP contribution is -2.37. The van der Waals surface area contributed by atoms with Gasteiger partial charge in [0.15, 0.2) is 0 Å². The van der Waals surface area contributed by atoms with Gasteiger partial charge in [-0.1, -0.05) is 24.3 Å². The molecule has 2 aromatic rings. The number of fused-ring (bicyclic) bond motifs is 1. The summed E-state index contributed by atoms with van der Waals surface area (Å²) in [6, 6.07) is 12.7. The van der Waals surface area contributed by atoms with Crippen LogP contribution in [0.4, 0.5) is 0 Å². The number of nitrogens with zero attached hydrogens (tertiary/aromatic N) is 1. The van der Waals surface area contributed by atoms with Crippen LogP contribution in [0.3, 0.4) is 0 Å². The summed E-state index contributed by atoms with van der Waals surface area (Å²) >= 11 is 4.43. The number of rotatable bonds is 6. The standard InChI is InChI=1S/C18H23NO2S/c22-14-17-12-15-4-1-2-5-16(15)13-18(17)21-9-3-6-19-7-10-20-11-8-19/h1-2,4-5,12-13,22H,3,6-11,14H2. The zero-order valence-corrected chi connectivity index (χ0v) is 13.7. The highest BCUT2D eigenvalue weighted by molar-refractivity contribution is 7.79. The topological polar surface area (TPSA) is 21.7 Å². The third-order valence-corrected chi connectivity index (χ3v) is 4.42. The number of morpholine rings is 1. The molecule has 0 amide bonds. The van der Waals surface area contributed by atoms with Crippen LogP contribution in [-0.2, 0) is 10.5 Å². The summed E-state index contributed by atoms with van der Waals surface area (Å²) in [6.07, 6.45) is 1.04. The Labute approximate surface area is 137 Å². The fourth-order valence-corrected chi connectivity index (χ4v) is 3.07. The summed E-state index contributed by atoms with van der Waals surface area (Å²) in [6.45, 7) is 5.62. The van der Waals surface area contributed by atoms with Crippen molar-refractivity contribution in [1.29, 1.82) is 0 Å². The summed E-state index contributed by atoms with van der Waals surface area (Å²) < 4.78 is 11.4. The molecule has 1 aliphatic rings. The lowest BCUT2D eigenvalue weighted by Gasteiger charge is -2.26. The number of thiol groups is 1. The van der Waals surface area contributed by atoms with Crippen molar-refractivity contribution in [3.63, 3.8) is 0 Å². The molecule has 3 rings (SSSR count). The Bertz CT molecular complexity index is 611. The maximum Gasteiger partial charge on any atom is 0.123 e. The molecule has 1 fully saturated rings. The Morgan fingerprint density at radius 1 is 1.09 bits per heavy atom. The second-order valence-corrected chi connectivity index (χ2v) is 5.94. The molecule has 1 aliphatic heterocycles. The van der Waals surface area contributed by atoms with Crippen LogP contribution < -0.4 is 4.74 Å². The van der Waals surface area contributed by atoms with Crippen molar-refractivity contribution in [2.45, 2.75) is 12.2 Å². The average Bonchev–Trinajstić information content (AvgIpc) is 2.59. The van der Waals surface area contributed by atoms with Crippen LogP contribution in [0.5, 0.6) is 5.75 Å². The van der Waals surface area contributed by atoms with Crippen molar-refractivity contribution in [3.8, 4) is 5.75 Å². The van der Waals surface area contributed by atoms with E-state index in [1.165, 1.54) is 10.8 Å². The predicted molar refractivity (Wildman–Crippen MR) is 94.0 cm³/mol. The largest absolute Gasteiger partial charge is 0.493 e. The smallest absolute Gasteiger partial charge is 0.123 e. The van der Waals surface area contributed by atoms with E-state index >= 15 is 0 Å². The predicted octanol–water partition coefficient (Wildman–Crippen LogP) is 3.37. The van der Waals surface area contributed by atoms with Gasteiger partial charge in [0.1, 0.15) is 5.75 Å². The minimum atomic E-state index is 0.698. The van der Waals surface area contributed by atoms with E-state index < -0.39 is 0 Å². The SMILES string of the molecule is SCc1cc2ccccc2cc1OCCCN1CCOCC1. The molecule has 3 nitrogen and oxygen atoms in total. The summed E-state index contributed by atoms with van der Waals surface area (Å²) in [5.41, 5.74) is 1.16. The van der Waals surface area contributed by atoms with Crippen LogP contribution in [-0.4, -0.2) is 44.4 Å². The van der Waals surface area contributed by atoms with E-state index in [0.717, 1.165) is 57.2 Å². The van der Waals surface area contributed by atoms with Gasteiger partial charge in [0.05, 0.1) is 19.8 Å². The quantitative estimate of drug-likeness (QED) is 0.652. The Balaban J connectivity index is 1.58. The van der Waals surface area contributed by atoms with E-state index in [0.29, 0.717) is 5.75 Å². The van der Waals surface area contributed by atoms with Crippen LogP contribution in [0.1, 0.15) is 12.0 Å². The maximum absolute atomic E-state index is 6.02. The highest BCUT2D eigenvalue weighted by atomic mass is 32.1. The van der Waals surface area contributed by atoms with E-state index in [-0.39, 0.29) is 0 Å². The fraction of sp³-hybridized carbons (Fsp3) is 0.444. The molecule has 0 spiro atoms. The van der Waals surface area contributed by atoms with Crippen molar-refractivity contribution < 1.29 is 9.47 Å². The van der Waals surface area contributed by atoms with Crippen LogP contribution in [0.25, 0.3) is 10.8 Å². The van der Waals surface area contributed by atoms with Gasteiger partial charge in [0, 0.05) is 31.0 Å². The molecule has 118 valence electrons. The first kappa shape index (κ1) is 15.7. The number of hydrogen-bond acceptors (Lipinski definition) is 4. The van der Waals surface area contributed by atoms with Gasteiger partial charge >= 0.3 is 0 Å². The molecular formula is C18H23NO2S. The van der Waals surface area contributed by atoms with Crippen LogP contribution in [0.15, 0.2) is 36.4 Å². The normalized spacial score (nSPS) is 16.0. The minimum Gasteiger partial charge on any atom is -0.493 e. The zero-order chi connectivity index (χ0) is 15.2. The molecule has 22 heavy (non-hydrogen) atoms. The van der Waals surface area contributed by atoms with E-state index in [1.807, 2.05) is 0 Å². The van der Waals surface area contributed by atoms with E-state index in [1.54, 1.807) is 0 Å². The van der Waals surface area contributed by atoms with Crippen LogP contribution in [0.2, 0.25) is 0 Å². The lowest BCUT2D eigenvalue weighted by molar-refractivity contribution is 0.0358. The highest BCUT2D eigenvalue weighted by Gasteiger charge is 2.10. The van der Waals surface area contributed by atoms with Crippen molar-refractivity contribution >= 4 is 23.4 Å². The van der Waals surface area contributed by atoms with Crippen LogP contribution in [0, 0.1) is 0 Å². The molecule has 1 heterocycles. The molecule has 2 aromatic carbocycles. The molecule has 0 saturated carbocycles. The average molecular weight is 317 g/mol. The molecule has 0 atom stereocenters. The first-order valence-electron chi connectivity index (χ1n) is 7.92. The summed E-state index contributed by atoms with van der Waals surface area (Å²) in [5.74, 6) is 1.67. The van der Waals surface area contributed by atoms with Crippen molar-refractivity contribution in [2.75, 3.05) is 39.5 Å². The van der Waals surface area contributed by atoms with Crippen molar-refractivity contribution in [3.05, 3.63) is 42.0 Å². The Morgan fingerprint density at radius 2 is 1.82 bits per heavy atom. The van der Waals surface area contributed by atoms with Gasteiger partial charge in [0.2, 0.25) is 0 Å². The van der Waals surface area contributed by atoms with Gasteiger partial charge in [-0.2, -0.15) is 12.6 Å². The zero-order valence-electron chi connectivity index (χ0n) is 12.8. The minimum absolute atomic E-state index is 0.698. The Morgan fingerprint density at radius 3 is 2.55 bits per heavy atom. The summed E-state index contributed by atoms with van der Waals surface area (Å²) in [5, 5.41) is 2.46. The molecule has 1 saturated heterocycles. The van der Waals surface area contributed by atoms with Gasteiger partial charge in [-0.15, -0.1) is 0 Å². The Kier molecular flexibility index (Phi) is 5.59. The lowest BCUT2D eigenvalue weighted by atomic mass is 10.1. The highest BCUT2D eigenvalue weighted by Crippen LogP contribution is 2.27. The van der Waals surface area contributed by atoms with Gasteiger partial charge in [-0.3, -0.25) is 4.90 Å². The van der Waals surface area contributed by atoms with E-state index in [9.17, 15) is 0 Å². The Hall–Kier alpha value is -1.23. The molecule has 0 unspecified atom stereocenters. The first-order valence-corrected chi connectivity index (χ1v) is 8.55. The van der Waals surface area contributed by atoms with E-state index in [4.69, 9.17) is 9.47 Å². The van der Waals surface area contributed by atoms with Gasteiger partial charge in [-0.25, -0.2) is 0 Å². The van der Waals surface area contributed by atoms with Gasteiger partial charge < -0.3 is 9.47 Å². The molecular weight excluding hydrogens is 294 g/mol. The van der Waals surface area contributed by atoms with Gasteiger partial charge in [0.25, 0.3) is 0 Å². The summed E-state index contributed by atoms with van der Waals surface area (Å²) in [4.78, 5) is 2.44. The molecule has 0 aliphatic carbocycles. The number of hydrogen-bond donors (Lipinski definition) is 1. The monoisotopic (exact) mass is 317 g/mol. The second kappa shape index (κ2) is 7.86. The maximum atomic E-state index is 6.02.